The lowest BCUT2D eigenvalue weighted by molar-refractivity contribution is 0.475. The van der Waals surface area contributed by atoms with Gasteiger partial charge in [-0.2, -0.15) is 4.98 Å². The zero-order valence-corrected chi connectivity index (χ0v) is 17.7. The lowest BCUT2D eigenvalue weighted by atomic mass is 10.2. The molecule has 0 radical (unpaired) electrons. The summed E-state index contributed by atoms with van der Waals surface area (Å²) < 4.78 is 0.828. The summed E-state index contributed by atoms with van der Waals surface area (Å²) in [5.41, 5.74) is 0.819. The average Bonchev–Trinajstić information content (AvgIpc) is 2.62. The van der Waals surface area contributed by atoms with E-state index in [9.17, 15) is 5.11 Å². The molecule has 2 rings (SSSR count). The van der Waals surface area contributed by atoms with Crippen LogP contribution in [0.15, 0.2) is 34.9 Å². The Kier molecular flexibility index (Phi) is 12.5. The molecule has 5 nitrogen and oxygen atoms in total. The van der Waals surface area contributed by atoms with E-state index in [0.717, 1.165) is 22.4 Å². The van der Waals surface area contributed by atoms with Crippen LogP contribution < -0.4 is 10.6 Å². The summed E-state index contributed by atoms with van der Waals surface area (Å²) >= 11 is 3.43. The monoisotopic (exact) mass is 410 g/mol. The lowest BCUT2D eigenvalue weighted by Gasteiger charge is -2.14. The van der Waals surface area contributed by atoms with Crippen LogP contribution in [0.1, 0.15) is 54.4 Å². The summed E-state index contributed by atoms with van der Waals surface area (Å²) in [6.45, 7) is 12.5. The second-order valence-corrected chi connectivity index (χ2v) is 6.08. The first kappa shape index (κ1) is 23.2. The minimum Gasteiger partial charge on any atom is -0.508 e. The van der Waals surface area contributed by atoms with Gasteiger partial charge in [-0.25, -0.2) is 4.98 Å². The van der Waals surface area contributed by atoms with Crippen LogP contribution in [0.2, 0.25) is 0 Å². The van der Waals surface area contributed by atoms with Gasteiger partial charge in [-0.05, 0) is 53.5 Å². The molecule has 0 aliphatic rings. The smallest absolute Gasteiger partial charge is 0.229 e. The van der Waals surface area contributed by atoms with Crippen molar-refractivity contribution in [3.63, 3.8) is 0 Å². The zero-order valence-electron chi connectivity index (χ0n) is 16.1. The predicted octanol–water partition coefficient (Wildman–Crippen LogP) is 6.34. The first-order valence-electron chi connectivity index (χ1n) is 8.85. The van der Waals surface area contributed by atoms with Crippen molar-refractivity contribution in [3.05, 3.63) is 34.9 Å². The minimum absolute atomic E-state index is 0.228. The summed E-state index contributed by atoms with van der Waals surface area (Å²) in [6, 6.07) is 7.09. The number of nitrogens with one attached hydrogen (secondary N) is 2. The fraction of sp³-hybridized carbons (Fsp3) is 0.474. The Bertz CT molecular complexity index is 590. The first-order chi connectivity index (χ1) is 12.0. The van der Waals surface area contributed by atoms with E-state index in [-0.39, 0.29) is 5.75 Å². The van der Waals surface area contributed by atoms with Crippen molar-refractivity contribution < 1.29 is 5.11 Å². The molecule has 6 heteroatoms. The van der Waals surface area contributed by atoms with Gasteiger partial charge in [0.1, 0.15) is 11.6 Å². The molecule has 0 amide bonds. The van der Waals surface area contributed by atoms with E-state index in [2.05, 4.69) is 64.2 Å². The van der Waals surface area contributed by atoms with Crippen molar-refractivity contribution in [2.45, 2.75) is 60.4 Å². The van der Waals surface area contributed by atoms with Crippen LogP contribution >= 0.6 is 15.9 Å². The van der Waals surface area contributed by atoms with Crippen molar-refractivity contribution >= 4 is 33.4 Å². The van der Waals surface area contributed by atoms with Crippen molar-refractivity contribution in [1.82, 2.24) is 9.97 Å². The molecule has 1 aromatic heterocycles. The Morgan fingerprint density at radius 3 is 2.20 bits per heavy atom. The number of benzene rings is 1. The highest BCUT2D eigenvalue weighted by Gasteiger charge is 2.07. The number of hydrogen-bond donors (Lipinski definition) is 3. The first-order valence-corrected chi connectivity index (χ1v) is 9.64. The number of hydrogen-bond acceptors (Lipinski definition) is 5. The molecular formula is C19H31BrN4O. The van der Waals surface area contributed by atoms with Crippen LogP contribution in [0.4, 0.5) is 17.5 Å². The molecule has 0 bridgehead atoms. The molecule has 0 saturated carbocycles. The molecule has 3 N–H and O–H groups in total. The SMILES string of the molecule is CC.CCC.CCC(C)Nc1nc(Nc2ccc(O)cc2)ncc1Br. The molecule has 0 aliphatic carbocycles. The molecule has 0 saturated heterocycles. The van der Waals surface area contributed by atoms with Gasteiger partial charge in [0.15, 0.2) is 0 Å². The number of nitrogens with zero attached hydrogens (tertiary/aromatic N) is 2. The molecule has 140 valence electrons. The topological polar surface area (TPSA) is 70.1 Å². The van der Waals surface area contributed by atoms with E-state index in [4.69, 9.17) is 0 Å². The summed E-state index contributed by atoms with van der Waals surface area (Å²) in [5, 5.41) is 15.7. The van der Waals surface area contributed by atoms with Crippen LogP contribution in [0.5, 0.6) is 5.75 Å². The van der Waals surface area contributed by atoms with Gasteiger partial charge in [-0.1, -0.05) is 41.0 Å². The minimum atomic E-state index is 0.228. The lowest BCUT2D eigenvalue weighted by Crippen LogP contribution is -2.15. The summed E-state index contributed by atoms with van der Waals surface area (Å²) in [6.07, 6.45) is 3.97. The fourth-order valence-corrected chi connectivity index (χ4v) is 1.84. The maximum absolute atomic E-state index is 9.25. The molecule has 1 atom stereocenters. The molecule has 0 fully saturated rings. The summed E-state index contributed by atoms with van der Waals surface area (Å²) in [5.74, 6) is 1.49. The Morgan fingerprint density at radius 1 is 1.12 bits per heavy atom. The van der Waals surface area contributed by atoms with Gasteiger partial charge in [0.05, 0.1) is 4.47 Å². The maximum atomic E-state index is 9.25. The number of phenols is 1. The number of rotatable bonds is 5. The molecule has 0 aliphatic heterocycles. The fourth-order valence-electron chi connectivity index (χ4n) is 1.54. The van der Waals surface area contributed by atoms with E-state index in [1.165, 1.54) is 6.42 Å². The molecule has 2 aromatic rings. The van der Waals surface area contributed by atoms with Crippen molar-refractivity contribution in [1.29, 1.82) is 0 Å². The van der Waals surface area contributed by atoms with Gasteiger partial charge >= 0.3 is 0 Å². The summed E-state index contributed by atoms with van der Waals surface area (Å²) in [7, 11) is 0. The Labute approximate surface area is 160 Å². The molecule has 25 heavy (non-hydrogen) atoms. The van der Waals surface area contributed by atoms with Gasteiger partial charge in [-0.15, -0.1) is 0 Å². The number of anilines is 3. The largest absolute Gasteiger partial charge is 0.508 e. The summed E-state index contributed by atoms with van der Waals surface area (Å²) in [4.78, 5) is 8.65. The van der Waals surface area contributed by atoms with Crippen LogP contribution in [-0.2, 0) is 0 Å². The number of aromatic hydroxyl groups is 1. The van der Waals surface area contributed by atoms with Gasteiger partial charge in [-0.3, -0.25) is 0 Å². The number of halogens is 1. The van der Waals surface area contributed by atoms with E-state index in [1.54, 1.807) is 30.5 Å². The van der Waals surface area contributed by atoms with Crippen LogP contribution in [-0.4, -0.2) is 21.1 Å². The van der Waals surface area contributed by atoms with Crippen molar-refractivity contribution in [2.75, 3.05) is 10.6 Å². The van der Waals surface area contributed by atoms with Gasteiger partial charge in [0, 0.05) is 17.9 Å². The molecule has 1 heterocycles. The highest BCUT2D eigenvalue weighted by Crippen LogP contribution is 2.23. The molecule has 0 spiro atoms. The molecular weight excluding hydrogens is 380 g/mol. The zero-order chi connectivity index (χ0) is 19.2. The van der Waals surface area contributed by atoms with Crippen LogP contribution in [0.25, 0.3) is 0 Å². The molecule has 1 unspecified atom stereocenters. The Hall–Kier alpha value is -1.82. The van der Waals surface area contributed by atoms with Gasteiger partial charge in [0.2, 0.25) is 5.95 Å². The third-order valence-corrected chi connectivity index (χ3v) is 3.44. The number of phenolic OH excluding ortho intramolecular Hbond substituents is 1. The van der Waals surface area contributed by atoms with Gasteiger partial charge in [0.25, 0.3) is 0 Å². The van der Waals surface area contributed by atoms with E-state index < -0.39 is 0 Å². The van der Waals surface area contributed by atoms with Gasteiger partial charge < -0.3 is 15.7 Å². The standard InChI is InChI=1S/C14H17BrN4O.C3H8.C2H6/c1-3-9(2)17-13-12(15)8-16-14(19-13)18-10-4-6-11(20)7-5-10;1-3-2;1-2/h4-9,20H,3H2,1-2H3,(H2,16,17,18,19);3H2,1-2H3;1-2H3. The predicted molar refractivity (Wildman–Crippen MR) is 112 cm³/mol. The van der Waals surface area contributed by atoms with Crippen molar-refractivity contribution in [3.8, 4) is 5.75 Å². The van der Waals surface area contributed by atoms with E-state index in [0.29, 0.717) is 12.0 Å². The van der Waals surface area contributed by atoms with E-state index >= 15 is 0 Å². The highest BCUT2D eigenvalue weighted by molar-refractivity contribution is 9.10. The maximum Gasteiger partial charge on any atom is 0.229 e. The Morgan fingerprint density at radius 2 is 1.68 bits per heavy atom. The van der Waals surface area contributed by atoms with Crippen LogP contribution in [0, 0.1) is 0 Å². The third kappa shape index (κ3) is 9.29. The normalized spacial score (nSPS) is 10.5. The van der Waals surface area contributed by atoms with Crippen molar-refractivity contribution in [2.24, 2.45) is 0 Å². The average molecular weight is 411 g/mol. The highest BCUT2D eigenvalue weighted by atomic mass is 79.9. The number of aromatic nitrogens is 2. The second-order valence-electron chi connectivity index (χ2n) is 5.22. The molecule has 1 aromatic carbocycles. The Balaban J connectivity index is 0.00000104. The third-order valence-electron chi connectivity index (χ3n) is 2.86. The van der Waals surface area contributed by atoms with E-state index in [1.807, 2.05) is 13.8 Å². The quantitative estimate of drug-likeness (QED) is 0.501. The van der Waals surface area contributed by atoms with Crippen LogP contribution in [0.3, 0.4) is 0 Å². The second kappa shape index (κ2) is 13.5.